The summed E-state index contributed by atoms with van der Waals surface area (Å²) in [5, 5.41) is 30.7. The number of alkyl halides is 2. The Balaban J connectivity index is 1.44. The quantitative estimate of drug-likeness (QED) is 0.342. The summed E-state index contributed by atoms with van der Waals surface area (Å²) < 4.78 is 1.91. The monoisotopic (exact) mass is 609 g/mol. The molecule has 0 radical (unpaired) electrons. The van der Waals surface area contributed by atoms with Crippen molar-refractivity contribution in [3.8, 4) is 12.1 Å². The molecule has 2 saturated heterocycles. The van der Waals surface area contributed by atoms with Crippen LogP contribution in [0.5, 0.6) is 0 Å². The van der Waals surface area contributed by atoms with Crippen molar-refractivity contribution in [1.29, 1.82) is 10.5 Å². The van der Waals surface area contributed by atoms with Crippen LogP contribution in [0.1, 0.15) is 44.7 Å². The van der Waals surface area contributed by atoms with E-state index in [4.69, 9.17) is 16.9 Å². The van der Waals surface area contributed by atoms with Crippen LogP contribution in [-0.2, 0) is 5.60 Å². The minimum absolute atomic E-state index is 0.0939. The summed E-state index contributed by atoms with van der Waals surface area (Å²) in [6.07, 6.45) is 0. The van der Waals surface area contributed by atoms with Gasteiger partial charge in [-0.05, 0) is 0 Å². The number of piperazine rings is 1. The summed E-state index contributed by atoms with van der Waals surface area (Å²) >= 11 is 6.40. The van der Waals surface area contributed by atoms with Gasteiger partial charge in [0.15, 0.2) is 0 Å². The first-order chi connectivity index (χ1) is 17.4. The fraction of sp³-hybridized carbons (Fsp3) is 0.310. The van der Waals surface area contributed by atoms with E-state index in [9.17, 15) is 10.4 Å². The van der Waals surface area contributed by atoms with Crippen LogP contribution in [-0.4, -0.2) is 40.6 Å². The third kappa shape index (κ3) is 5.38. The molecule has 7 heteroatoms. The van der Waals surface area contributed by atoms with Gasteiger partial charge in [-0.1, -0.05) is 0 Å². The van der Waals surface area contributed by atoms with E-state index in [2.05, 4.69) is 46.2 Å². The molecule has 2 fully saturated rings. The van der Waals surface area contributed by atoms with Gasteiger partial charge < -0.3 is 0 Å². The van der Waals surface area contributed by atoms with Gasteiger partial charge in [-0.2, -0.15) is 5.26 Å². The number of halogens is 2. The number of anilines is 1. The average molecular weight is 610 g/mol. The molecule has 0 aliphatic carbocycles. The van der Waals surface area contributed by atoms with Crippen molar-refractivity contribution in [2.24, 2.45) is 0 Å². The summed E-state index contributed by atoms with van der Waals surface area (Å²) in [4.78, 5) is 4.80. The molecule has 3 aromatic rings. The zero-order valence-corrected chi connectivity index (χ0v) is 22.9. The van der Waals surface area contributed by atoms with Gasteiger partial charge in [0.1, 0.15) is 0 Å². The summed E-state index contributed by atoms with van der Waals surface area (Å²) in [5.74, 6) is 0. The molecule has 0 bridgehead atoms. The Morgan fingerprint density at radius 3 is 2.31 bits per heavy atom. The van der Waals surface area contributed by atoms with Crippen molar-refractivity contribution in [3.63, 3.8) is 0 Å². The second-order valence-electron chi connectivity index (χ2n) is 9.62. The van der Waals surface area contributed by atoms with Crippen LogP contribution < -0.4 is 26.1 Å². The third-order valence-corrected chi connectivity index (χ3v) is 9.68. The van der Waals surface area contributed by atoms with Crippen molar-refractivity contribution in [3.05, 3.63) is 99.6 Å². The molecule has 0 aromatic heterocycles. The van der Waals surface area contributed by atoms with E-state index in [1.165, 1.54) is 21.2 Å². The number of benzene rings is 3. The zero-order chi connectivity index (χ0) is 25.3. The standard InChI is InChI=1S/C29H27ClIN4O/c1-29(36,23-7-2-20(16-32)3-8-23)19-34-12-13-35(28(18-34)22-5-9-24(30)10-6-22)27-11-4-21(17-33)14-25(27)26-15-31-26/h2-11,14,26,28,36H,12-13,15,18-19H2,1H3/q-1/t26?,28?,29-/m1/s1. The number of nitrogens with zero attached hydrogens (tertiary/aromatic N) is 4. The van der Waals surface area contributed by atoms with Gasteiger partial charge >= 0.3 is 212 Å². The number of aliphatic hydroxyl groups is 1. The summed E-state index contributed by atoms with van der Waals surface area (Å²) in [5.41, 5.74) is 4.81. The van der Waals surface area contributed by atoms with Gasteiger partial charge in [-0.3, -0.25) is 0 Å². The molecule has 2 unspecified atom stereocenters. The van der Waals surface area contributed by atoms with Gasteiger partial charge in [0, 0.05) is 0 Å². The van der Waals surface area contributed by atoms with Crippen LogP contribution in [0.15, 0.2) is 66.7 Å². The summed E-state index contributed by atoms with van der Waals surface area (Å²) in [6.45, 7) is 4.72. The van der Waals surface area contributed by atoms with E-state index in [0.29, 0.717) is 21.1 Å². The Bertz CT molecular complexity index is 1320. The van der Waals surface area contributed by atoms with Crippen LogP contribution >= 0.6 is 11.6 Å². The van der Waals surface area contributed by atoms with Crippen molar-refractivity contribution in [1.82, 2.24) is 4.90 Å². The molecule has 2 heterocycles. The minimum atomic E-state index is -1.04. The van der Waals surface area contributed by atoms with Crippen LogP contribution in [0.2, 0.25) is 5.02 Å². The fourth-order valence-corrected chi connectivity index (χ4v) is 6.85. The van der Waals surface area contributed by atoms with E-state index >= 15 is 0 Å². The molecule has 3 atom stereocenters. The first-order valence-corrected chi connectivity index (χ1v) is 15.1. The second kappa shape index (κ2) is 10.4. The predicted molar refractivity (Wildman–Crippen MR) is 137 cm³/mol. The van der Waals surface area contributed by atoms with Crippen LogP contribution in [0.25, 0.3) is 0 Å². The molecular weight excluding hydrogens is 583 g/mol. The molecule has 184 valence electrons. The van der Waals surface area contributed by atoms with Crippen molar-refractivity contribution in [2.75, 3.05) is 35.5 Å². The maximum atomic E-state index is 11.4. The second-order valence-corrected chi connectivity index (χ2v) is 13.3. The SMILES string of the molecule is C[C@@](O)(CN1CCN(c2ccc(C#N)cc2C2C[I-]2)C(c2ccc(Cl)cc2)C1)c1ccc(C#N)cc1. The maximum absolute atomic E-state index is 11.4. The van der Waals surface area contributed by atoms with Gasteiger partial charge in [0.05, 0.1) is 11.6 Å². The Morgan fingerprint density at radius 1 is 1.00 bits per heavy atom. The van der Waals surface area contributed by atoms with E-state index < -0.39 is 5.60 Å². The van der Waals surface area contributed by atoms with Crippen molar-refractivity contribution >= 4 is 17.3 Å². The molecular formula is C29H27ClIN4O-. The molecule has 0 saturated carbocycles. The molecule has 0 spiro atoms. The van der Waals surface area contributed by atoms with Gasteiger partial charge in [-0.25, -0.2) is 0 Å². The van der Waals surface area contributed by atoms with Crippen molar-refractivity contribution in [2.45, 2.75) is 22.5 Å². The number of β-amino-alcohol motifs (C(OH)–C–C–N with tert-alkyl or cyclic N) is 1. The van der Waals surface area contributed by atoms with Crippen LogP contribution in [0.3, 0.4) is 0 Å². The number of hydrogen-bond acceptors (Lipinski definition) is 5. The average Bonchev–Trinajstić information content (AvgIpc) is 3.74. The van der Waals surface area contributed by atoms with Gasteiger partial charge in [-0.15, -0.1) is 0 Å². The molecule has 5 nitrogen and oxygen atoms in total. The van der Waals surface area contributed by atoms with E-state index in [0.717, 1.165) is 30.8 Å². The Labute approximate surface area is 227 Å². The van der Waals surface area contributed by atoms with Crippen LogP contribution in [0, 0.1) is 22.7 Å². The summed E-state index contributed by atoms with van der Waals surface area (Å²) in [7, 11) is 0. The first kappa shape index (κ1) is 25.0. The fourth-order valence-electron chi connectivity index (χ4n) is 5.02. The third-order valence-electron chi connectivity index (χ3n) is 7.00. The number of nitriles is 2. The number of hydrogen-bond donors (Lipinski definition) is 1. The normalized spacial score (nSPS) is 21.5. The van der Waals surface area contributed by atoms with Gasteiger partial charge in [0.2, 0.25) is 0 Å². The Hall–Kier alpha value is -2.62. The Kier molecular flexibility index (Phi) is 7.23. The summed E-state index contributed by atoms with van der Waals surface area (Å²) in [6, 6.07) is 25.9. The molecule has 5 rings (SSSR count). The number of rotatable bonds is 6. The van der Waals surface area contributed by atoms with Crippen LogP contribution in [0.4, 0.5) is 5.69 Å². The molecule has 1 N–H and O–H groups in total. The zero-order valence-electron chi connectivity index (χ0n) is 20.0. The van der Waals surface area contributed by atoms with Crippen molar-refractivity contribution < 1.29 is 26.3 Å². The molecule has 36 heavy (non-hydrogen) atoms. The predicted octanol–water partition coefficient (Wildman–Crippen LogP) is 2.00. The molecule has 0 amide bonds. The molecule has 2 aliphatic rings. The van der Waals surface area contributed by atoms with E-state index in [1.54, 1.807) is 12.1 Å². The molecule has 2 aliphatic heterocycles. The Morgan fingerprint density at radius 2 is 1.67 bits per heavy atom. The topological polar surface area (TPSA) is 74.3 Å². The molecule has 3 aromatic carbocycles. The van der Waals surface area contributed by atoms with Gasteiger partial charge in [0.25, 0.3) is 0 Å². The van der Waals surface area contributed by atoms with E-state index in [-0.39, 0.29) is 27.2 Å². The first-order valence-electron chi connectivity index (χ1n) is 12.0. The van der Waals surface area contributed by atoms with E-state index in [1.807, 2.05) is 37.3 Å².